The SMILES string of the molecule is Cn1nccc1CCC1(CNC2CC2)CCOCC1. The highest BCUT2D eigenvalue weighted by atomic mass is 16.5. The number of nitrogens with one attached hydrogen (secondary N) is 1. The van der Waals surface area contributed by atoms with Crippen molar-refractivity contribution in [3.05, 3.63) is 18.0 Å². The summed E-state index contributed by atoms with van der Waals surface area (Å²) in [7, 11) is 2.04. The second-order valence-corrected chi connectivity index (χ2v) is 6.21. The Morgan fingerprint density at radius 2 is 2.21 bits per heavy atom. The fourth-order valence-electron chi connectivity index (χ4n) is 3.01. The van der Waals surface area contributed by atoms with Gasteiger partial charge in [0.05, 0.1) is 0 Å². The van der Waals surface area contributed by atoms with Gasteiger partial charge in [-0.25, -0.2) is 0 Å². The second kappa shape index (κ2) is 5.63. The highest BCUT2D eigenvalue weighted by Gasteiger charge is 2.34. The van der Waals surface area contributed by atoms with E-state index in [1.54, 1.807) is 0 Å². The van der Waals surface area contributed by atoms with Crippen molar-refractivity contribution in [1.82, 2.24) is 15.1 Å². The van der Waals surface area contributed by atoms with Crippen molar-refractivity contribution >= 4 is 0 Å². The molecule has 2 aliphatic rings. The van der Waals surface area contributed by atoms with E-state index in [2.05, 4.69) is 16.5 Å². The summed E-state index contributed by atoms with van der Waals surface area (Å²) < 4.78 is 7.56. The van der Waals surface area contributed by atoms with Crippen LogP contribution in [0, 0.1) is 5.41 Å². The van der Waals surface area contributed by atoms with E-state index in [0.29, 0.717) is 5.41 Å². The molecule has 1 N–H and O–H groups in total. The van der Waals surface area contributed by atoms with Gasteiger partial charge in [0.2, 0.25) is 0 Å². The van der Waals surface area contributed by atoms with E-state index < -0.39 is 0 Å². The fourth-order valence-corrected chi connectivity index (χ4v) is 3.01. The van der Waals surface area contributed by atoms with Crippen LogP contribution in [0.1, 0.15) is 37.8 Å². The lowest BCUT2D eigenvalue weighted by molar-refractivity contribution is 0.0102. The minimum absolute atomic E-state index is 0.436. The van der Waals surface area contributed by atoms with Gasteiger partial charge >= 0.3 is 0 Å². The van der Waals surface area contributed by atoms with Crippen molar-refractivity contribution in [2.24, 2.45) is 12.5 Å². The third-order valence-electron chi connectivity index (χ3n) is 4.73. The summed E-state index contributed by atoms with van der Waals surface area (Å²) in [5.41, 5.74) is 1.78. The first-order chi connectivity index (χ1) is 9.27. The lowest BCUT2D eigenvalue weighted by Gasteiger charge is -2.37. The van der Waals surface area contributed by atoms with Crippen LogP contribution < -0.4 is 5.32 Å². The maximum absolute atomic E-state index is 5.56. The monoisotopic (exact) mass is 263 g/mol. The molecule has 1 aromatic heterocycles. The van der Waals surface area contributed by atoms with Gasteiger partial charge in [-0.05, 0) is 50.0 Å². The Balaban J connectivity index is 1.59. The number of rotatable bonds is 6. The van der Waals surface area contributed by atoms with E-state index in [1.165, 1.54) is 44.3 Å². The Morgan fingerprint density at radius 3 is 2.84 bits per heavy atom. The maximum atomic E-state index is 5.56. The number of aryl methyl sites for hydroxylation is 2. The molecule has 0 amide bonds. The average molecular weight is 263 g/mol. The van der Waals surface area contributed by atoms with Gasteiger partial charge in [-0.1, -0.05) is 0 Å². The van der Waals surface area contributed by atoms with E-state index in [9.17, 15) is 0 Å². The molecule has 106 valence electrons. The van der Waals surface area contributed by atoms with Crippen molar-refractivity contribution in [2.75, 3.05) is 19.8 Å². The van der Waals surface area contributed by atoms with Crippen molar-refractivity contribution in [3.63, 3.8) is 0 Å². The summed E-state index contributed by atoms with van der Waals surface area (Å²) in [5, 5.41) is 8.00. The normalized spacial score (nSPS) is 22.6. The Hall–Kier alpha value is -0.870. The molecule has 4 nitrogen and oxygen atoms in total. The quantitative estimate of drug-likeness (QED) is 0.852. The Morgan fingerprint density at radius 1 is 1.42 bits per heavy atom. The molecule has 4 heteroatoms. The van der Waals surface area contributed by atoms with Crippen LogP contribution in [0.3, 0.4) is 0 Å². The molecule has 0 atom stereocenters. The fraction of sp³-hybridized carbons (Fsp3) is 0.800. The predicted molar refractivity (Wildman–Crippen MR) is 75.0 cm³/mol. The van der Waals surface area contributed by atoms with Crippen LogP contribution in [0.4, 0.5) is 0 Å². The standard InChI is InChI=1S/C15H25N3O/c1-18-14(5-9-17-18)4-6-15(7-10-19-11-8-15)12-16-13-2-3-13/h5,9,13,16H,2-4,6-8,10-12H2,1H3. The number of hydrogen-bond donors (Lipinski definition) is 1. The van der Waals surface area contributed by atoms with Crippen LogP contribution in [-0.2, 0) is 18.2 Å². The maximum Gasteiger partial charge on any atom is 0.0492 e. The van der Waals surface area contributed by atoms with E-state index in [-0.39, 0.29) is 0 Å². The molecule has 3 rings (SSSR count). The van der Waals surface area contributed by atoms with Gasteiger partial charge in [0.15, 0.2) is 0 Å². The largest absolute Gasteiger partial charge is 0.381 e. The summed E-state index contributed by atoms with van der Waals surface area (Å²) in [5.74, 6) is 0. The molecule has 0 aromatic carbocycles. The van der Waals surface area contributed by atoms with Crippen molar-refractivity contribution in [1.29, 1.82) is 0 Å². The summed E-state index contributed by atoms with van der Waals surface area (Å²) >= 11 is 0. The first kappa shape index (κ1) is 13.1. The molecule has 0 unspecified atom stereocenters. The lowest BCUT2D eigenvalue weighted by atomic mass is 9.76. The summed E-state index contributed by atoms with van der Waals surface area (Å²) in [6.07, 6.45) is 9.41. The Labute approximate surface area is 115 Å². The first-order valence-electron chi connectivity index (χ1n) is 7.55. The highest BCUT2D eigenvalue weighted by molar-refractivity contribution is 5.02. The van der Waals surface area contributed by atoms with Gasteiger partial charge in [-0.2, -0.15) is 5.10 Å². The Bertz CT molecular complexity index is 405. The molecule has 19 heavy (non-hydrogen) atoms. The van der Waals surface area contributed by atoms with E-state index >= 15 is 0 Å². The zero-order chi connectivity index (χ0) is 13.1. The molecule has 1 aliphatic heterocycles. The summed E-state index contributed by atoms with van der Waals surface area (Å²) in [4.78, 5) is 0. The van der Waals surface area contributed by atoms with E-state index in [4.69, 9.17) is 4.74 Å². The highest BCUT2D eigenvalue weighted by Crippen LogP contribution is 2.35. The molecule has 1 saturated heterocycles. The van der Waals surface area contributed by atoms with Gasteiger partial charge in [0.25, 0.3) is 0 Å². The van der Waals surface area contributed by atoms with Crippen molar-refractivity contribution < 1.29 is 4.74 Å². The smallest absolute Gasteiger partial charge is 0.0492 e. The van der Waals surface area contributed by atoms with Crippen molar-refractivity contribution in [2.45, 2.75) is 44.6 Å². The van der Waals surface area contributed by atoms with Crippen LogP contribution in [0.25, 0.3) is 0 Å². The van der Waals surface area contributed by atoms with Crippen LogP contribution >= 0.6 is 0 Å². The molecule has 0 spiro atoms. The Kier molecular flexibility index (Phi) is 3.89. The van der Waals surface area contributed by atoms with Gasteiger partial charge in [-0.3, -0.25) is 4.68 Å². The summed E-state index contributed by atoms with van der Waals surface area (Å²) in [6.45, 7) is 3.02. The molecule has 2 fully saturated rings. The molecule has 1 saturated carbocycles. The third-order valence-corrected chi connectivity index (χ3v) is 4.73. The van der Waals surface area contributed by atoms with Crippen LogP contribution in [0.15, 0.2) is 12.3 Å². The first-order valence-corrected chi connectivity index (χ1v) is 7.55. The molecule has 1 aliphatic carbocycles. The van der Waals surface area contributed by atoms with Crippen molar-refractivity contribution in [3.8, 4) is 0 Å². The molecular weight excluding hydrogens is 238 g/mol. The molecule has 0 bridgehead atoms. The minimum atomic E-state index is 0.436. The van der Waals surface area contributed by atoms with Gasteiger partial charge in [0, 0.05) is 44.7 Å². The van der Waals surface area contributed by atoms with Gasteiger partial charge < -0.3 is 10.1 Å². The topological polar surface area (TPSA) is 39.1 Å². The van der Waals surface area contributed by atoms with E-state index in [0.717, 1.165) is 25.7 Å². The van der Waals surface area contributed by atoms with Gasteiger partial charge in [-0.15, -0.1) is 0 Å². The average Bonchev–Trinajstić information content (AvgIpc) is 3.18. The number of hydrogen-bond acceptors (Lipinski definition) is 3. The van der Waals surface area contributed by atoms with Crippen LogP contribution in [-0.4, -0.2) is 35.6 Å². The molecular formula is C15H25N3O. The number of ether oxygens (including phenoxy) is 1. The zero-order valence-corrected chi connectivity index (χ0v) is 11.9. The second-order valence-electron chi connectivity index (χ2n) is 6.21. The number of aromatic nitrogens is 2. The number of nitrogens with zero attached hydrogens (tertiary/aromatic N) is 2. The van der Waals surface area contributed by atoms with Crippen LogP contribution in [0.5, 0.6) is 0 Å². The van der Waals surface area contributed by atoms with E-state index in [1.807, 2.05) is 17.9 Å². The molecule has 0 radical (unpaired) electrons. The van der Waals surface area contributed by atoms with Crippen LogP contribution in [0.2, 0.25) is 0 Å². The zero-order valence-electron chi connectivity index (χ0n) is 11.9. The lowest BCUT2D eigenvalue weighted by Crippen LogP contribution is -2.40. The third kappa shape index (κ3) is 3.37. The van der Waals surface area contributed by atoms with Gasteiger partial charge in [0.1, 0.15) is 0 Å². The predicted octanol–water partition coefficient (Wildman–Crippen LogP) is 1.90. The summed E-state index contributed by atoms with van der Waals surface area (Å²) in [6, 6.07) is 2.94. The minimum Gasteiger partial charge on any atom is -0.381 e. The molecule has 2 heterocycles. The molecule has 1 aromatic rings.